The topological polar surface area (TPSA) is 410 Å². The number of ketones is 1. The van der Waals surface area contributed by atoms with E-state index in [1.54, 1.807) is 0 Å². The number of carbonyl (C=O) groups excluding carboxylic acids is 3. The molecule has 0 aliphatic carbocycles. The van der Waals surface area contributed by atoms with Crippen molar-refractivity contribution in [1.82, 2.24) is 15.4 Å². The fourth-order valence-electron chi connectivity index (χ4n) is 7.77. The number of amides is 2. The zero-order chi connectivity index (χ0) is 49.6. The van der Waals surface area contributed by atoms with E-state index in [9.17, 15) is 53.4 Å². The number of guanidine groups is 1. The summed E-state index contributed by atoms with van der Waals surface area (Å²) in [6.45, 7) is -0.660. The minimum Gasteiger partial charge on any atom is -0.394 e. The second-order valence-corrected chi connectivity index (χ2v) is 17.9. The lowest BCUT2D eigenvalue weighted by atomic mass is 9.93. The summed E-state index contributed by atoms with van der Waals surface area (Å²) in [6, 6.07) is 0.401. The van der Waals surface area contributed by atoms with Crippen molar-refractivity contribution in [3.05, 3.63) is 24.3 Å². The second kappa shape index (κ2) is 26.5. The van der Waals surface area contributed by atoms with Crippen LogP contribution >= 0.6 is 11.6 Å². The Kier molecular flexibility index (Phi) is 22.2. The van der Waals surface area contributed by atoms with E-state index in [2.05, 4.69) is 25.7 Å². The molecule has 382 valence electrons. The van der Waals surface area contributed by atoms with Crippen molar-refractivity contribution in [1.29, 1.82) is 0 Å². The van der Waals surface area contributed by atoms with Crippen LogP contribution in [0.5, 0.6) is 0 Å². The Morgan fingerprint density at radius 2 is 1.34 bits per heavy atom. The lowest BCUT2D eigenvalue weighted by molar-refractivity contribution is -0.352. The van der Waals surface area contributed by atoms with Gasteiger partial charge in [0.1, 0.15) is 67.0 Å². The molecule has 0 radical (unpaired) electrons. The second-order valence-electron chi connectivity index (χ2n) is 16.0. The number of benzene rings is 1. The van der Waals surface area contributed by atoms with Gasteiger partial charge in [0.15, 0.2) is 30.6 Å². The number of aliphatic hydroxyl groups excluding tert-OH is 6. The molecule has 67 heavy (non-hydrogen) atoms. The fraction of sp³-hybridized carbons (Fsp3) is 0.744. The first-order chi connectivity index (χ1) is 31.8. The number of anilines is 1. The van der Waals surface area contributed by atoms with E-state index in [1.165, 1.54) is 45.4 Å². The maximum absolute atomic E-state index is 13.6. The zero-order valence-corrected chi connectivity index (χ0v) is 38.7. The van der Waals surface area contributed by atoms with Gasteiger partial charge in [0.25, 0.3) is 0 Å². The van der Waals surface area contributed by atoms with Gasteiger partial charge in [-0.1, -0.05) is 0 Å². The lowest BCUT2D eigenvalue weighted by Gasteiger charge is -2.50. The van der Waals surface area contributed by atoms with Gasteiger partial charge in [0.2, 0.25) is 21.8 Å². The first-order valence-electron chi connectivity index (χ1n) is 21.4. The number of hydrogen-bond acceptors (Lipinski definition) is 21. The number of nitrogens with two attached hydrogens (primary N) is 3. The van der Waals surface area contributed by atoms with Gasteiger partial charge in [0, 0.05) is 46.3 Å². The van der Waals surface area contributed by atoms with E-state index >= 15 is 0 Å². The first-order valence-corrected chi connectivity index (χ1v) is 23.4. The highest BCUT2D eigenvalue weighted by molar-refractivity contribution is 7.89. The van der Waals surface area contributed by atoms with Crippen LogP contribution in [0.2, 0.25) is 0 Å². The van der Waals surface area contributed by atoms with Gasteiger partial charge in [-0.3, -0.25) is 19.4 Å². The predicted molar refractivity (Wildman–Crippen MR) is 234 cm³/mol. The summed E-state index contributed by atoms with van der Waals surface area (Å²) in [7, 11) is -1.62. The summed E-state index contributed by atoms with van der Waals surface area (Å²) in [6.07, 6.45) is -16.9. The SMILES string of the molecule is CO[C@@H]1OC(CO)[C@@H](O[C@@H]2OC(CO)[C@@H](O[C@@H]3OC(CO)[C@@H](OC)[C@H](O)C3NC(C)=O)[C@H](O)C2NC(=O)CCCNc2ccc(S(=O)(=O)N[C@H](CCCN=C(N)N)C(=O)CCl)cc2)[C@H](O)C1N. The average molecular weight is 1000 g/mol. The predicted octanol–water partition coefficient (Wildman–Crippen LogP) is -5.63. The number of rotatable bonds is 25. The van der Waals surface area contributed by atoms with Gasteiger partial charge >= 0.3 is 0 Å². The van der Waals surface area contributed by atoms with Gasteiger partial charge in [-0.05, 0) is 43.5 Å². The lowest BCUT2D eigenvalue weighted by Crippen LogP contribution is -2.70. The van der Waals surface area contributed by atoms with Gasteiger partial charge in [-0.25, -0.2) is 13.1 Å². The third-order valence-corrected chi connectivity index (χ3v) is 13.0. The molecule has 1 aromatic rings. The summed E-state index contributed by atoms with van der Waals surface area (Å²) in [5.74, 6) is -2.35. The highest BCUT2D eigenvalue weighted by Crippen LogP contribution is 2.33. The van der Waals surface area contributed by atoms with Crippen LogP contribution in [0.15, 0.2) is 34.2 Å². The van der Waals surface area contributed by atoms with Crippen LogP contribution in [-0.2, 0) is 57.6 Å². The monoisotopic (exact) mass is 1000 g/mol. The summed E-state index contributed by atoms with van der Waals surface area (Å²) in [5, 5.41) is 73.2. The summed E-state index contributed by atoms with van der Waals surface area (Å²) < 4.78 is 69.0. The number of carbonyl (C=O) groups is 3. The molecule has 16 atom stereocenters. The zero-order valence-electron chi connectivity index (χ0n) is 37.2. The number of methoxy groups -OCH3 is 2. The minimum absolute atomic E-state index is 0.0989. The Morgan fingerprint density at radius 1 is 0.806 bits per heavy atom. The molecule has 28 heteroatoms. The standard InChI is InChI=1S/C39H65ClN8O18S/c1-18(52)46-28-31(56)33(60-2)23(15-49)63-37(28)66-35-25(17-51)64-38(65-34-24(16-50)62-36(61-3)27(41)30(34)55)29(32(35)57)47-26(54)7-5-12-44-19-8-10-20(11-9-19)67(58,59)48-21(22(53)14-40)6-4-13-45-39(42)43/h8-11,21,23-25,27-38,44,48-51,55-57H,4-7,12-17,41H2,1-3H3,(H,46,52)(H,47,54)(H4,42,43,45)/t21-,23?,24?,25?,27?,28?,29?,30-,31-,32-,33-,34-,35-,36-,37+,38+/m1/s1. The summed E-state index contributed by atoms with van der Waals surface area (Å²) >= 11 is 5.72. The van der Waals surface area contributed by atoms with Crippen LogP contribution in [0, 0.1) is 0 Å². The molecule has 0 aromatic heterocycles. The molecule has 2 amide bonds. The molecule has 0 saturated carbocycles. The van der Waals surface area contributed by atoms with Crippen molar-refractivity contribution in [3.8, 4) is 0 Å². The van der Waals surface area contributed by atoms with Crippen molar-refractivity contribution < 1.29 is 86.6 Å². The average Bonchev–Trinajstić information content (AvgIpc) is 3.30. The van der Waals surface area contributed by atoms with Crippen LogP contribution in [0.25, 0.3) is 0 Å². The van der Waals surface area contributed by atoms with Crippen molar-refractivity contribution in [2.75, 3.05) is 58.3 Å². The number of alkyl halides is 1. The molecule has 0 bridgehead atoms. The van der Waals surface area contributed by atoms with E-state index in [4.69, 9.17) is 62.0 Å². The van der Waals surface area contributed by atoms with Crippen LogP contribution in [-0.4, -0.2) is 214 Å². The van der Waals surface area contributed by atoms with Gasteiger partial charge in [0.05, 0.1) is 42.7 Å². The third kappa shape index (κ3) is 15.0. The molecular weight excluding hydrogens is 936 g/mol. The van der Waals surface area contributed by atoms with Crippen molar-refractivity contribution >= 4 is 50.9 Å². The number of Topliss-reactive ketones (excluding diaryl/α,β-unsaturated/α-hetero) is 1. The summed E-state index contributed by atoms with van der Waals surface area (Å²) in [4.78, 5) is 41.9. The van der Waals surface area contributed by atoms with Crippen molar-refractivity contribution in [3.63, 3.8) is 0 Å². The first kappa shape index (κ1) is 56.1. The number of sulfonamides is 1. The van der Waals surface area contributed by atoms with E-state index in [1.807, 2.05) is 0 Å². The molecular formula is C39H65ClN8O18S. The maximum Gasteiger partial charge on any atom is 0.241 e. The molecule has 1 aromatic carbocycles. The maximum atomic E-state index is 13.6. The molecule has 4 rings (SSSR count). The molecule has 3 saturated heterocycles. The number of nitrogens with zero attached hydrogens (tertiary/aromatic N) is 1. The van der Waals surface area contributed by atoms with Crippen molar-refractivity contribution in [2.45, 2.75) is 135 Å². The smallest absolute Gasteiger partial charge is 0.241 e. The van der Waals surface area contributed by atoms with E-state index in [0.717, 1.165) is 0 Å². The number of aliphatic imine (C=N–C) groups is 1. The van der Waals surface area contributed by atoms with Crippen LogP contribution in [0.3, 0.4) is 0 Å². The highest BCUT2D eigenvalue weighted by atomic mass is 35.5. The Bertz CT molecular complexity index is 1870. The Balaban J connectivity index is 1.48. The number of nitrogens with one attached hydrogen (secondary N) is 4. The number of halogens is 1. The Hall–Kier alpha value is -3.46. The van der Waals surface area contributed by atoms with Gasteiger partial charge < -0.3 is 96.9 Å². The van der Waals surface area contributed by atoms with Crippen LogP contribution in [0.4, 0.5) is 5.69 Å². The molecule has 3 aliphatic heterocycles. The number of aliphatic hydroxyl groups is 6. The molecule has 0 spiro atoms. The minimum atomic E-state index is -4.16. The molecule has 3 fully saturated rings. The van der Waals surface area contributed by atoms with E-state index < -0.39 is 151 Å². The van der Waals surface area contributed by atoms with Crippen LogP contribution < -0.4 is 37.9 Å². The normalized spacial score (nSPS) is 32.7. The highest BCUT2D eigenvalue weighted by Gasteiger charge is 2.54. The largest absolute Gasteiger partial charge is 0.394 e. The molecule has 6 unspecified atom stereocenters. The Morgan fingerprint density at radius 3 is 1.87 bits per heavy atom. The van der Waals surface area contributed by atoms with E-state index in [-0.39, 0.29) is 43.2 Å². The summed E-state index contributed by atoms with van der Waals surface area (Å²) in [5.41, 5.74) is 17.3. The third-order valence-electron chi connectivity index (χ3n) is 11.2. The number of ether oxygens (including phenoxy) is 7. The fourth-order valence-corrected chi connectivity index (χ4v) is 9.22. The van der Waals surface area contributed by atoms with Gasteiger partial charge in [-0.2, -0.15) is 0 Å². The Labute approximate surface area is 392 Å². The van der Waals surface area contributed by atoms with Crippen LogP contribution in [0.1, 0.15) is 32.6 Å². The van der Waals surface area contributed by atoms with Crippen molar-refractivity contribution in [2.24, 2.45) is 22.2 Å². The molecule has 3 heterocycles. The molecule has 26 nitrogen and oxygen atoms in total. The quantitative estimate of drug-likeness (QED) is 0.0188. The molecule has 3 aliphatic rings. The number of hydrogen-bond donors (Lipinski definition) is 13. The van der Waals surface area contributed by atoms with Gasteiger partial charge in [-0.15, -0.1) is 11.6 Å². The van der Waals surface area contributed by atoms with E-state index in [0.29, 0.717) is 12.1 Å². The molecule has 16 N–H and O–H groups in total.